The highest BCUT2D eigenvalue weighted by Crippen LogP contribution is 2.26. The topological polar surface area (TPSA) is 21.3 Å². The molecule has 1 atom stereocenters. The fourth-order valence-electron chi connectivity index (χ4n) is 1.39. The summed E-state index contributed by atoms with van der Waals surface area (Å²) in [5.41, 5.74) is 1.19. The zero-order valence-corrected chi connectivity index (χ0v) is 11.7. The molecule has 0 fully saturated rings. The first-order valence-corrected chi connectivity index (χ1v) is 6.67. The van der Waals surface area contributed by atoms with Crippen LogP contribution in [0.5, 0.6) is 5.75 Å². The highest BCUT2D eigenvalue weighted by Gasteiger charge is 2.05. The Morgan fingerprint density at radius 2 is 2.12 bits per heavy atom. The van der Waals surface area contributed by atoms with Gasteiger partial charge in [0.25, 0.3) is 0 Å². The van der Waals surface area contributed by atoms with Crippen LogP contribution in [0.1, 0.15) is 32.8 Å². The van der Waals surface area contributed by atoms with Crippen molar-refractivity contribution in [2.45, 2.75) is 33.7 Å². The quantitative estimate of drug-likeness (QED) is 0.799. The van der Waals surface area contributed by atoms with Gasteiger partial charge in [-0.25, -0.2) is 0 Å². The molecule has 0 bridgehead atoms. The molecule has 0 heterocycles. The van der Waals surface area contributed by atoms with Crippen molar-refractivity contribution in [1.82, 2.24) is 5.32 Å². The first kappa shape index (κ1) is 14.3. The summed E-state index contributed by atoms with van der Waals surface area (Å²) in [5.74, 6) is 1.35. The summed E-state index contributed by atoms with van der Waals surface area (Å²) in [6.45, 7) is 8.96. The van der Waals surface area contributed by atoms with Gasteiger partial charge in [0.05, 0.1) is 11.6 Å². The first-order chi connectivity index (χ1) is 8.17. The largest absolute Gasteiger partial charge is 0.492 e. The molecule has 0 aliphatic rings. The normalized spacial score (nSPS) is 12.5. The van der Waals surface area contributed by atoms with Gasteiger partial charge in [0, 0.05) is 6.54 Å². The molecule has 0 saturated heterocycles. The Morgan fingerprint density at radius 1 is 1.35 bits per heavy atom. The summed E-state index contributed by atoms with van der Waals surface area (Å²) in [6.07, 6.45) is 1.12. The Morgan fingerprint density at radius 3 is 2.71 bits per heavy atom. The van der Waals surface area contributed by atoms with Crippen LogP contribution in [-0.2, 0) is 6.54 Å². The van der Waals surface area contributed by atoms with Gasteiger partial charge in [0.1, 0.15) is 5.75 Å². The van der Waals surface area contributed by atoms with Crippen molar-refractivity contribution in [3.63, 3.8) is 0 Å². The Hall–Kier alpha value is -0.730. The van der Waals surface area contributed by atoms with E-state index < -0.39 is 0 Å². The van der Waals surface area contributed by atoms with E-state index in [1.54, 1.807) is 0 Å². The Kier molecular flexibility index (Phi) is 6.38. The van der Waals surface area contributed by atoms with Gasteiger partial charge >= 0.3 is 0 Å². The summed E-state index contributed by atoms with van der Waals surface area (Å²) < 4.78 is 5.70. The molecular formula is C14H22ClNO. The molecule has 1 N–H and O–H groups in total. The summed E-state index contributed by atoms with van der Waals surface area (Å²) in [5, 5.41) is 3.97. The third kappa shape index (κ3) is 4.97. The molecule has 0 radical (unpaired) electrons. The molecule has 0 spiro atoms. The van der Waals surface area contributed by atoms with Crippen LogP contribution in [0.4, 0.5) is 0 Å². The second-order valence-corrected chi connectivity index (χ2v) is 4.78. The number of ether oxygens (including phenoxy) is 1. The SMILES string of the molecule is CCNCc1ccc(OCC(C)CC)c(Cl)c1. The predicted molar refractivity (Wildman–Crippen MR) is 73.8 cm³/mol. The second kappa shape index (κ2) is 7.57. The molecule has 0 saturated carbocycles. The average molecular weight is 256 g/mol. The third-order valence-corrected chi connectivity index (χ3v) is 3.09. The van der Waals surface area contributed by atoms with Gasteiger partial charge in [-0.15, -0.1) is 0 Å². The van der Waals surface area contributed by atoms with E-state index in [4.69, 9.17) is 16.3 Å². The van der Waals surface area contributed by atoms with Crippen LogP contribution in [0.15, 0.2) is 18.2 Å². The highest BCUT2D eigenvalue weighted by molar-refractivity contribution is 6.32. The Balaban J connectivity index is 2.56. The molecule has 1 rings (SSSR count). The van der Waals surface area contributed by atoms with E-state index in [0.29, 0.717) is 10.9 Å². The number of benzene rings is 1. The lowest BCUT2D eigenvalue weighted by Crippen LogP contribution is -2.12. The molecule has 1 unspecified atom stereocenters. The number of halogens is 1. The minimum Gasteiger partial charge on any atom is -0.492 e. The Labute approximate surface area is 109 Å². The summed E-state index contributed by atoms with van der Waals surface area (Å²) in [4.78, 5) is 0. The van der Waals surface area contributed by atoms with Crippen molar-refractivity contribution in [3.05, 3.63) is 28.8 Å². The van der Waals surface area contributed by atoms with E-state index in [2.05, 4.69) is 32.2 Å². The van der Waals surface area contributed by atoms with Crippen molar-refractivity contribution in [2.75, 3.05) is 13.2 Å². The van der Waals surface area contributed by atoms with Crippen LogP contribution in [0.2, 0.25) is 5.02 Å². The maximum atomic E-state index is 6.18. The first-order valence-electron chi connectivity index (χ1n) is 6.29. The van der Waals surface area contributed by atoms with Gasteiger partial charge < -0.3 is 10.1 Å². The lowest BCUT2D eigenvalue weighted by atomic mass is 10.1. The lowest BCUT2D eigenvalue weighted by molar-refractivity contribution is 0.256. The lowest BCUT2D eigenvalue weighted by Gasteiger charge is -2.13. The van der Waals surface area contributed by atoms with Crippen LogP contribution < -0.4 is 10.1 Å². The van der Waals surface area contributed by atoms with Gasteiger partial charge in [-0.1, -0.05) is 44.9 Å². The molecule has 1 aromatic rings. The molecular weight excluding hydrogens is 234 g/mol. The maximum Gasteiger partial charge on any atom is 0.137 e. The predicted octanol–water partition coefficient (Wildman–Crippen LogP) is 3.87. The van der Waals surface area contributed by atoms with E-state index >= 15 is 0 Å². The highest BCUT2D eigenvalue weighted by atomic mass is 35.5. The minimum atomic E-state index is 0.563. The number of rotatable bonds is 7. The minimum absolute atomic E-state index is 0.563. The van der Waals surface area contributed by atoms with Gasteiger partial charge in [0.15, 0.2) is 0 Å². The van der Waals surface area contributed by atoms with Gasteiger partial charge in [-0.2, -0.15) is 0 Å². The molecule has 0 amide bonds. The van der Waals surface area contributed by atoms with Crippen LogP contribution in [0.25, 0.3) is 0 Å². The fraction of sp³-hybridized carbons (Fsp3) is 0.571. The van der Waals surface area contributed by atoms with Crippen molar-refractivity contribution >= 4 is 11.6 Å². The van der Waals surface area contributed by atoms with E-state index in [1.807, 2.05) is 12.1 Å². The average Bonchev–Trinajstić information content (AvgIpc) is 2.34. The number of hydrogen-bond donors (Lipinski definition) is 1. The molecule has 3 heteroatoms. The standard InChI is InChI=1S/C14H22ClNO/c1-4-11(3)10-17-14-7-6-12(8-13(14)15)9-16-5-2/h6-8,11,16H,4-5,9-10H2,1-3H3. The molecule has 96 valence electrons. The van der Waals surface area contributed by atoms with Crippen molar-refractivity contribution in [1.29, 1.82) is 0 Å². The van der Waals surface area contributed by atoms with Crippen LogP contribution in [0.3, 0.4) is 0 Å². The van der Waals surface area contributed by atoms with Crippen molar-refractivity contribution < 1.29 is 4.74 Å². The zero-order chi connectivity index (χ0) is 12.7. The Bertz CT molecular complexity index is 341. The van der Waals surface area contributed by atoms with E-state index in [0.717, 1.165) is 31.9 Å². The molecule has 0 aliphatic heterocycles. The van der Waals surface area contributed by atoms with E-state index in [9.17, 15) is 0 Å². The van der Waals surface area contributed by atoms with Gasteiger partial charge in [0.2, 0.25) is 0 Å². The van der Waals surface area contributed by atoms with E-state index in [1.165, 1.54) is 5.56 Å². The summed E-state index contributed by atoms with van der Waals surface area (Å²) in [6, 6.07) is 5.98. The molecule has 2 nitrogen and oxygen atoms in total. The van der Waals surface area contributed by atoms with Crippen LogP contribution >= 0.6 is 11.6 Å². The van der Waals surface area contributed by atoms with Crippen molar-refractivity contribution in [3.8, 4) is 5.75 Å². The molecule has 1 aromatic carbocycles. The van der Waals surface area contributed by atoms with Crippen LogP contribution in [-0.4, -0.2) is 13.2 Å². The summed E-state index contributed by atoms with van der Waals surface area (Å²) >= 11 is 6.18. The van der Waals surface area contributed by atoms with E-state index in [-0.39, 0.29) is 0 Å². The summed E-state index contributed by atoms with van der Waals surface area (Å²) in [7, 11) is 0. The fourth-order valence-corrected chi connectivity index (χ4v) is 1.65. The molecule has 17 heavy (non-hydrogen) atoms. The zero-order valence-electron chi connectivity index (χ0n) is 10.9. The van der Waals surface area contributed by atoms with Crippen molar-refractivity contribution in [2.24, 2.45) is 5.92 Å². The molecule has 0 aliphatic carbocycles. The smallest absolute Gasteiger partial charge is 0.137 e. The monoisotopic (exact) mass is 255 g/mol. The third-order valence-electron chi connectivity index (χ3n) is 2.80. The van der Waals surface area contributed by atoms with Gasteiger partial charge in [-0.3, -0.25) is 0 Å². The maximum absolute atomic E-state index is 6.18. The number of hydrogen-bond acceptors (Lipinski definition) is 2. The van der Waals surface area contributed by atoms with Gasteiger partial charge in [-0.05, 0) is 30.2 Å². The number of nitrogens with one attached hydrogen (secondary N) is 1. The molecule has 0 aromatic heterocycles. The van der Waals surface area contributed by atoms with Crippen LogP contribution in [0, 0.1) is 5.92 Å². The second-order valence-electron chi connectivity index (χ2n) is 4.37.